The van der Waals surface area contributed by atoms with Gasteiger partial charge in [-0.15, -0.1) is 11.8 Å². The molecule has 0 saturated carbocycles. The number of nitrogens with two attached hydrogens (primary N) is 1. The van der Waals surface area contributed by atoms with Gasteiger partial charge >= 0.3 is 5.97 Å². The van der Waals surface area contributed by atoms with E-state index in [-0.39, 0.29) is 0 Å². The average Bonchev–Trinajstić information content (AvgIpc) is 2.94. The van der Waals surface area contributed by atoms with Gasteiger partial charge in [0.25, 0.3) is 0 Å². The highest BCUT2D eigenvalue weighted by Crippen LogP contribution is 2.31. The lowest BCUT2D eigenvalue weighted by Gasteiger charge is -2.27. The third-order valence-corrected chi connectivity index (χ3v) is 4.66. The maximum Gasteiger partial charge on any atom is 0.321 e. The molecule has 0 amide bonds. The molecule has 3 N–H and O–H groups in total. The second-order valence-corrected chi connectivity index (χ2v) is 6.88. The molecule has 1 aromatic heterocycles. The standard InChI is InChI=1S/C15H18N2O3S/c1-15(2,13(16)14(18)19)21-9-11-8-12(17-20-11)10-6-4-3-5-7-10/h3-8,13H,9,16H2,1-2H3,(H,18,19)/t13-/m0/s1. The Labute approximate surface area is 127 Å². The number of aliphatic carboxylic acids is 1. The van der Waals surface area contributed by atoms with Gasteiger partial charge in [-0.25, -0.2) is 0 Å². The fraction of sp³-hybridized carbons (Fsp3) is 0.333. The number of carboxylic acids is 1. The molecule has 2 aromatic rings. The molecule has 1 aromatic carbocycles. The molecule has 0 bridgehead atoms. The van der Waals surface area contributed by atoms with E-state index in [0.29, 0.717) is 11.5 Å². The maximum absolute atomic E-state index is 11.0. The maximum atomic E-state index is 11.0. The van der Waals surface area contributed by atoms with Crippen LogP contribution in [0.5, 0.6) is 0 Å². The number of hydrogen-bond acceptors (Lipinski definition) is 5. The zero-order chi connectivity index (χ0) is 15.5. The van der Waals surface area contributed by atoms with Crippen LogP contribution in [-0.4, -0.2) is 27.0 Å². The molecule has 0 spiro atoms. The molecule has 2 rings (SSSR count). The molecule has 112 valence electrons. The molecular formula is C15H18N2O3S. The predicted molar refractivity (Wildman–Crippen MR) is 82.9 cm³/mol. The average molecular weight is 306 g/mol. The number of carbonyl (C=O) groups is 1. The summed E-state index contributed by atoms with van der Waals surface area (Å²) in [6.45, 7) is 3.62. The van der Waals surface area contributed by atoms with Gasteiger partial charge in [0.1, 0.15) is 17.5 Å². The van der Waals surface area contributed by atoms with Gasteiger partial charge in [0.2, 0.25) is 0 Å². The Morgan fingerprint density at radius 1 is 1.43 bits per heavy atom. The molecule has 21 heavy (non-hydrogen) atoms. The number of nitrogens with zero attached hydrogens (tertiary/aromatic N) is 1. The van der Waals surface area contributed by atoms with Gasteiger partial charge in [0.15, 0.2) is 0 Å². The molecule has 1 atom stereocenters. The van der Waals surface area contributed by atoms with E-state index < -0.39 is 16.8 Å². The van der Waals surface area contributed by atoms with Crippen molar-refractivity contribution in [2.75, 3.05) is 0 Å². The Morgan fingerprint density at radius 3 is 2.71 bits per heavy atom. The quantitative estimate of drug-likeness (QED) is 0.853. The van der Waals surface area contributed by atoms with E-state index in [1.165, 1.54) is 11.8 Å². The van der Waals surface area contributed by atoms with Crippen molar-refractivity contribution in [2.24, 2.45) is 5.73 Å². The van der Waals surface area contributed by atoms with Crippen molar-refractivity contribution in [1.82, 2.24) is 5.16 Å². The van der Waals surface area contributed by atoms with Gasteiger partial charge < -0.3 is 15.4 Å². The van der Waals surface area contributed by atoms with Crippen molar-refractivity contribution in [3.05, 3.63) is 42.2 Å². The summed E-state index contributed by atoms with van der Waals surface area (Å²) < 4.78 is 4.70. The van der Waals surface area contributed by atoms with E-state index >= 15 is 0 Å². The fourth-order valence-corrected chi connectivity index (χ4v) is 2.70. The predicted octanol–water partition coefficient (Wildman–Crippen LogP) is 2.77. The Kier molecular flexibility index (Phi) is 4.69. The number of carboxylic acid groups (broad SMARTS) is 1. The lowest BCUT2D eigenvalue weighted by molar-refractivity contribution is -0.139. The first kappa shape index (κ1) is 15.6. The van der Waals surface area contributed by atoms with Crippen LogP contribution in [0, 0.1) is 0 Å². The van der Waals surface area contributed by atoms with Crippen LogP contribution in [0.2, 0.25) is 0 Å². The highest BCUT2D eigenvalue weighted by Gasteiger charge is 2.32. The molecule has 0 unspecified atom stereocenters. The molecule has 5 nitrogen and oxygen atoms in total. The summed E-state index contributed by atoms with van der Waals surface area (Å²) in [6, 6.07) is 10.7. The molecule has 1 heterocycles. The lowest BCUT2D eigenvalue weighted by atomic mass is 10.1. The molecule has 6 heteroatoms. The van der Waals surface area contributed by atoms with E-state index in [1.54, 1.807) is 0 Å². The van der Waals surface area contributed by atoms with Crippen LogP contribution in [0.25, 0.3) is 11.3 Å². The van der Waals surface area contributed by atoms with Crippen LogP contribution in [0.3, 0.4) is 0 Å². The number of rotatable bonds is 6. The van der Waals surface area contributed by atoms with Crippen LogP contribution >= 0.6 is 11.8 Å². The molecule has 0 saturated heterocycles. The molecule has 0 aliphatic rings. The highest BCUT2D eigenvalue weighted by molar-refractivity contribution is 7.99. The minimum absolute atomic E-state index is 0.522. The Hall–Kier alpha value is -1.79. The Balaban J connectivity index is 2.02. The van der Waals surface area contributed by atoms with E-state index in [9.17, 15) is 4.79 Å². The number of benzene rings is 1. The first-order valence-corrected chi connectivity index (χ1v) is 7.52. The van der Waals surface area contributed by atoms with E-state index in [1.807, 2.05) is 50.2 Å². The summed E-state index contributed by atoms with van der Waals surface area (Å²) in [5.41, 5.74) is 7.44. The van der Waals surface area contributed by atoms with Gasteiger partial charge in [-0.3, -0.25) is 4.79 Å². The first-order valence-electron chi connectivity index (χ1n) is 6.53. The van der Waals surface area contributed by atoms with E-state index in [4.69, 9.17) is 15.4 Å². The van der Waals surface area contributed by atoms with Crippen LogP contribution < -0.4 is 5.73 Å². The van der Waals surface area contributed by atoms with Crippen molar-refractivity contribution in [2.45, 2.75) is 30.4 Å². The van der Waals surface area contributed by atoms with Crippen molar-refractivity contribution in [1.29, 1.82) is 0 Å². The zero-order valence-electron chi connectivity index (χ0n) is 11.9. The van der Waals surface area contributed by atoms with Gasteiger partial charge in [0, 0.05) is 16.4 Å². The highest BCUT2D eigenvalue weighted by atomic mass is 32.2. The van der Waals surface area contributed by atoms with Crippen molar-refractivity contribution < 1.29 is 14.4 Å². The fourth-order valence-electron chi connectivity index (χ4n) is 1.77. The molecule has 0 fully saturated rings. The second-order valence-electron chi connectivity index (χ2n) is 5.25. The molecule has 0 radical (unpaired) electrons. The van der Waals surface area contributed by atoms with Crippen molar-refractivity contribution >= 4 is 17.7 Å². The van der Waals surface area contributed by atoms with E-state index in [0.717, 1.165) is 11.3 Å². The zero-order valence-corrected chi connectivity index (χ0v) is 12.8. The largest absolute Gasteiger partial charge is 0.480 e. The molecule has 0 aliphatic carbocycles. The third-order valence-electron chi connectivity index (χ3n) is 3.23. The van der Waals surface area contributed by atoms with Crippen molar-refractivity contribution in [3.63, 3.8) is 0 Å². The van der Waals surface area contributed by atoms with Crippen LogP contribution in [0.1, 0.15) is 19.6 Å². The minimum Gasteiger partial charge on any atom is -0.480 e. The first-order chi connectivity index (χ1) is 9.90. The number of thioether (sulfide) groups is 1. The second kappa shape index (κ2) is 6.32. The monoisotopic (exact) mass is 306 g/mol. The SMILES string of the molecule is CC(C)(SCc1cc(-c2ccccc2)no1)[C@@H](N)C(=O)O. The normalized spacial score (nSPS) is 13.1. The smallest absolute Gasteiger partial charge is 0.321 e. The summed E-state index contributed by atoms with van der Waals surface area (Å²) >= 11 is 1.44. The van der Waals surface area contributed by atoms with Crippen molar-refractivity contribution in [3.8, 4) is 11.3 Å². The van der Waals surface area contributed by atoms with Gasteiger partial charge in [0.05, 0.1) is 5.75 Å². The molecular weight excluding hydrogens is 288 g/mol. The van der Waals surface area contributed by atoms with E-state index in [2.05, 4.69) is 5.16 Å². The summed E-state index contributed by atoms with van der Waals surface area (Å²) in [6.07, 6.45) is 0. The number of hydrogen-bond donors (Lipinski definition) is 2. The lowest BCUT2D eigenvalue weighted by Crippen LogP contribution is -2.46. The summed E-state index contributed by atoms with van der Waals surface area (Å²) in [7, 11) is 0. The minimum atomic E-state index is -1.00. The van der Waals surface area contributed by atoms with Crippen LogP contribution in [-0.2, 0) is 10.5 Å². The summed E-state index contributed by atoms with van der Waals surface area (Å²) in [4.78, 5) is 11.0. The third kappa shape index (κ3) is 3.86. The Morgan fingerprint density at radius 2 is 2.10 bits per heavy atom. The summed E-state index contributed by atoms with van der Waals surface area (Å²) in [5, 5.41) is 13.0. The Bertz CT molecular complexity index is 610. The van der Waals surface area contributed by atoms with Gasteiger partial charge in [-0.2, -0.15) is 0 Å². The van der Waals surface area contributed by atoms with Crippen LogP contribution in [0.15, 0.2) is 40.9 Å². The number of aromatic nitrogens is 1. The van der Waals surface area contributed by atoms with Gasteiger partial charge in [-0.1, -0.05) is 35.5 Å². The topological polar surface area (TPSA) is 89.4 Å². The summed E-state index contributed by atoms with van der Waals surface area (Å²) in [5.74, 6) is 0.216. The van der Waals surface area contributed by atoms with Gasteiger partial charge in [-0.05, 0) is 13.8 Å². The van der Waals surface area contributed by atoms with Crippen LogP contribution in [0.4, 0.5) is 0 Å². The molecule has 0 aliphatic heterocycles.